The Balaban J connectivity index is 0.00000242. The van der Waals surface area contributed by atoms with Gasteiger partial charge in [0, 0.05) is 37.8 Å². The van der Waals surface area contributed by atoms with Crippen molar-refractivity contribution in [1.82, 2.24) is 10.2 Å². The van der Waals surface area contributed by atoms with Gasteiger partial charge in [0.1, 0.15) is 5.82 Å². The van der Waals surface area contributed by atoms with E-state index in [0.29, 0.717) is 26.2 Å². The number of nitrogens with zero attached hydrogens (tertiary/aromatic N) is 1. The van der Waals surface area contributed by atoms with Gasteiger partial charge in [0.25, 0.3) is 0 Å². The molecule has 0 unspecified atom stereocenters. The van der Waals surface area contributed by atoms with Gasteiger partial charge >= 0.3 is 6.18 Å². The van der Waals surface area contributed by atoms with Crippen LogP contribution in [-0.2, 0) is 0 Å². The molecule has 0 saturated carbocycles. The van der Waals surface area contributed by atoms with Crippen LogP contribution in [0.1, 0.15) is 18.0 Å². The summed E-state index contributed by atoms with van der Waals surface area (Å²) in [7, 11) is 0. The standard InChI is InChI=1S/C13H14Cl2F4N2.2ClH/c14-8-1-2-9(16)11(12(8)15)10(7-13(17,18)19)21-5-3-20-4-6-21;;/h1-2,10,20H,3-7H2;2*1H/t10-;;/m0../s1. The van der Waals surface area contributed by atoms with Crippen molar-refractivity contribution in [1.29, 1.82) is 0 Å². The third-order valence-electron chi connectivity index (χ3n) is 3.43. The highest BCUT2D eigenvalue weighted by Crippen LogP contribution is 2.40. The van der Waals surface area contributed by atoms with Crippen LogP contribution in [-0.4, -0.2) is 37.3 Å². The number of hydrogen-bond acceptors (Lipinski definition) is 2. The predicted octanol–water partition coefficient (Wildman–Crippen LogP) is 4.87. The van der Waals surface area contributed by atoms with Gasteiger partial charge in [-0.1, -0.05) is 23.2 Å². The van der Waals surface area contributed by atoms with Gasteiger partial charge in [0.15, 0.2) is 0 Å². The number of benzene rings is 1. The molecule has 1 fully saturated rings. The molecule has 1 N–H and O–H groups in total. The topological polar surface area (TPSA) is 15.3 Å². The molecule has 134 valence electrons. The summed E-state index contributed by atoms with van der Waals surface area (Å²) >= 11 is 11.8. The van der Waals surface area contributed by atoms with Crippen molar-refractivity contribution in [2.24, 2.45) is 0 Å². The zero-order valence-corrected chi connectivity index (χ0v) is 14.9. The molecule has 1 aromatic rings. The maximum atomic E-state index is 14.1. The van der Waals surface area contributed by atoms with Crippen molar-refractivity contribution >= 4 is 48.0 Å². The molecule has 23 heavy (non-hydrogen) atoms. The van der Waals surface area contributed by atoms with Gasteiger partial charge in [-0.25, -0.2) is 4.39 Å². The van der Waals surface area contributed by atoms with Crippen LogP contribution in [0.4, 0.5) is 17.6 Å². The highest BCUT2D eigenvalue weighted by molar-refractivity contribution is 6.42. The third-order valence-corrected chi connectivity index (χ3v) is 4.25. The zero-order valence-electron chi connectivity index (χ0n) is 11.8. The first kappa shape index (κ1) is 23.0. The predicted molar refractivity (Wildman–Crippen MR) is 88.8 cm³/mol. The molecule has 0 bridgehead atoms. The molecule has 2 nitrogen and oxygen atoms in total. The Morgan fingerprint density at radius 3 is 2.22 bits per heavy atom. The molecule has 0 aliphatic carbocycles. The molecule has 1 aromatic carbocycles. The lowest BCUT2D eigenvalue weighted by molar-refractivity contribution is -0.149. The maximum absolute atomic E-state index is 14.1. The normalized spacial score (nSPS) is 17.1. The summed E-state index contributed by atoms with van der Waals surface area (Å²) in [5.41, 5.74) is -0.177. The lowest BCUT2D eigenvalue weighted by Gasteiger charge is -2.36. The van der Waals surface area contributed by atoms with E-state index in [-0.39, 0.29) is 40.4 Å². The van der Waals surface area contributed by atoms with Crippen LogP contribution in [0.25, 0.3) is 0 Å². The van der Waals surface area contributed by atoms with Crippen molar-refractivity contribution in [3.05, 3.63) is 33.6 Å². The minimum atomic E-state index is -4.42. The van der Waals surface area contributed by atoms with Gasteiger partial charge in [-0.2, -0.15) is 13.2 Å². The first-order valence-electron chi connectivity index (χ1n) is 6.44. The minimum Gasteiger partial charge on any atom is -0.314 e. The second-order valence-electron chi connectivity index (χ2n) is 4.88. The molecule has 10 heteroatoms. The number of rotatable bonds is 3. The van der Waals surface area contributed by atoms with Crippen LogP contribution in [0, 0.1) is 5.82 Å². The fourth-order valence-corrected chi connectivity index (χ4v) is 2.92. The van der Waals surface area contributed by atoms with Gasteiger partial charge in [-0.05, 0) is 12.1 Å². The second kappa shape index (κ2) is 9.49. The van der Waals surface area contributed by atoms with Crippen LogP contribution >= 0.6 is 48.0 Å². The third kappa shape index (κ3) is 6.11. The highest BCUT2D eigenvalue weighted by atomic mass is 35.5. The lowest BCUT2D eigenvalue weighted by atomic mass is 10.00. The fraction of sp³-hybridized carbons (Fsp3) is 0.538. The van der Waals surface area contributed by atoms with Crippen molar-refractivity contribution in [2.75, 3.05) is 26.2 Å². The molecular weight excluding hydrogens is 402 g/mol. The largest absolute Gasteiger partial charge is 0.390 e. The second-order valence-corrected chi connectivity index (χ2v) is 5.66. The minimum absolute atomic E-state index is 0. The summed E-state index contributed by atoms with van der Waals surface area (Å²) in [4.78, 5) is 1.59. The molecule has 0 amide bonds. The first-order valence-corrected chi connectivity index (χ1v) is 7.20. The molecule has 2 rings (SSSR count). The van der Waals surface area contributed by atoms with Crippen LogP contribution < -0.4 is 5.32 Å². The monoisotopic (exact) mass is 416 g/mol. The molecule has 1 saturated heterocycles. The maximum Gasteiger partial charge on any atom is 0.390 e. The molecule has 1 heterocycles. The summed E-state index contributed by atoms with van der Waals surface area (Å²) in [6.07, 6.45) is -5.59. The molecule has 1 aliphatic heterocycles. The molecule has 0 spiro atoms. The van der Waals surface area contributed by atoms with E-state index < -0.39 is 24.5 Å². The van der Waals surface area contributed by atoms with Crippen molar-refractivity contribution in [2.45, 2.75) is 18.6 Å². The van der Waals surface area contributed by atoms with Crippen molar-refractivity contribution in [3.63, 3.8) is 0 Å². The SMILES string of the molecule is Cl.Cl.Fc1ccc(Cl)c(Cl)c1[C@H](CC(F)(F)F)N1CCNCC1. The Labute approximate surface area is 154 Å². The van der Waals surface area contributed by atoms with Gasteiger partial charge < -0.3 is 5.32 Å². The van der Waals surface area contributed by atoms with Gasteiger partial charge in [-0.3, -0.25) is 4.90 Å². The Morgan fingerprint density at radius 2 is 1.70 bits per heavy atom. The summed E-state index contributed by atoms with van der Waals surface area (Å²) in [6, 6.07) is 1.12. The Kier molecular flexibility index (Phi) is 9.50. The number of hydrogen-bond donors (Lipinski definition) is 1. The quantitative estimate of drug-likeness (QED) is 0.557. The van der Waals surface area contributed by atoms with Crippen LogP contribution in [0.5, 0.6) is 0 Å². The number of halogens is 8. The molecule has 1 atom stereocenters. The molecular formula is C13H16Cl4F4N2. The number of alkyl halides is 3. The van der Waals surface area contributed by atoms with Crippen LogP contribution in [0.2, 0.25) is 10.0 Å². The van der Waals surface area contributed by atoms with Crippen molar-refractivity contribution in [3.8, 4) is 0 Å². The van der Waals surface area contributed by atoms with E-state index in [4.69, 9.17) is 23.2 Å². The number of piperazine rings is 1. The van der Waals surface area contributed by atoms with Crippen LogP contribution in [0.15, 0.2) is 12.1 Å². The Bertz CT molecular complexity index is 507. The summed E-state index contributed by atoms with van der Waals surface area (Å²) in [5, 5.41) is 2.95. The highest BCUT2D eigenvalue weighted by Gasteiger charge is 2.38. The van der Waals surface area contributed by atoms with Gasteiger partial charge in [0.2, 0.25) is 0 Å². The lowest BCUT2D eigenvalue weighted by Crippen LogP contribution is -2.46. The molecule has 1 aliphatic rings. The zero-order chi connectivity index (χ0) is 15.6. The summed E-state index contributed by atoms with van der Waals surface area (Å²) in [6.45, 7) is 1.88. The smallest absolute Gasteiger partial charge is 0.314 e. The number of nitrogens with one attached hydrogen (secondary N) is 1. The van der Waals surface area contributed by atoms with E-state index in [0.717, 1.165) is 6.07 Å². The average Bonchev–Trinajstić information content (AvgIpc) is 2.42. The molecule has 0 radical (unpaired) electrons. The van der Waals surface area contributed by atoms with E-state index in [9.17, 15) is 17.6 Å². The van der Waals surface area contributed by atoms with E-state index in [2.05, 4.69) is 5.32 Å². The fourth-order valence-electron chi connectivity index (χ4n) is 2.47. The van der Waals surface area contributed by atoms with E-state index in [1.165, 1.54) is 6.07 Å². The van der Waals surface area contributed by atoms with E-state index in [1.807, 2.05) is 0 Å². The summed E-state index contributed by atoms with van der Waals surface area (Å²) in [5.74, 6) is -0.766. The molecule has 0 aromatic heterocycles. The van der Waals surface area contributed by atoms with Gasteiger partial charge in [-0.15, -0.1) is 24.8 Å². The van der Waals surface area contributed by atoms with Crippen molar-refractivity contribution < 1.29 is 17.6 Å². The first-order chi connectivity index (χ1) is 9.79. The Hall–Kier alpha value is 0.0200. The summed E-state index contributed by atoms with van der Waals surface area (Å²) < 4.78 is 52.7. The van der Waals surface area contributed by atoms with Gasteiger partial charge in [0.05, 0.1) is 16.5 Å². The Morgan fingerprint density at radius 1 is 1.13 bits per heavy atom. The average molecular weight is 418 g/mol. The van der Waals surface area contributed by atoms with E-state index in [1.54, 1.807) is 4.90 Å². The van der Waals surface area contributed by atoms with Crippen LogP contribution in [0.3, 0.4) is 0 Å². The van der Waals surface area contributed by atoms with E-state index >= 15 is 0 Å².